The van der Waals surface area contributed by atoms with Crippen LogP contribution in [0.2, 0.25) is 0 Å². The van der Waals surface area contributed by atoms with Gasteiger partial charge >= 0.3 is 0 Å². The average Bonchev–Trinajstić information content (AvgIpc) is 2.45. The van der Waals surface area contributed by atoms with E-state index < -0.39 is 6.10 Å². The number of benzene rings is 2. The molecule has 0 aliphatic rings. The summed E-state index contributed by atoms with van der Waals surface area (Å²) in [5, 5.41) is 10.4. The monoisotopic (exact) mass is 238 g/mol. The van der Waals surface area contributed by atoms with Gasteiger partial charge in [-0.05, 0) is 29.5 Å². The predicted octanol–water partition coefficient (Wildman–Crippen LogP) is 3.89. The second-order valence-electron chi connectivity index (χ2n) is 4.34. The Morgan fingerprint density at radius 2 is 1.67 bits per heavy atom. The Hall–Kier alpha value is -1.86. The van der Waals surface area contributed by atoms with E-state index in [0.29, 0.717) is 0 Å². The van der Waals surface area contributed by atoms with Crippen LogP contribution in [0.5, 0.6) is 0 Å². The number of aliphatic hydroxyl groups excluding tert-OH is 1. The third-order valence-electron chi connectivity index (χ3n) is 3.08. The lowest BCUT2D eigenvalue weighted by atomic mass is 9.94. The summed E-state index contributed by atoms with van der Waals surface area (Å²) in [5.74, 6) is 0. The van der Waals surface area contributed by atoms with Gasteiger partial charge in [0.15, 0.2) is 0 Å². The molecule has 0 spiro atoms. The standard InChI is InChI=1S/C17H18O/c1-2-3-9-14-10-7-8-13-16(14)17(18)15-11-5-4-6-12-15/h2,4-8,10-13,17-18H,1,3,9H2. The summed E-state index contributed by atoms with van der Waals surface area (Å²) in [6.45, 7) is 3.75. The van der Waals surface area contributed by atoms with Crippen molar-refractivity contribution in [2.45, 2.75) is 18.9 Å². The van der Waals surface area contributed by atoms with Crippen LogP contribution in [-0.4, -0.2) is 5.11 Å². The van der Waals surface area contributed by atoms with E-state index in [1.165, 1.54) is 5.56 Å². The van der Waals surface area contributed by atoms with Crippen LogP contribution >= 0.6 is 0 Å². The molecule has 2 rings (SSSR count). The first kappa shape index (κ1) is 12.6. The molecular weight excluding hydrogens is 220 g/mol. The largest absolute Gasteiger partial charge is 0.384 e. The first-order valence-electron chi connectivity index (χ1n) is 6.24. The van der Waals surface area contributed by atoms with Crippen molar-refractivity contribution >= 4 is 0 Å². The van der Waals surface area contributed by atoms with E-state index in [1.54, 1.807) is 0 Å². The Morgan fingerprint density at radius 1 is 1.00 bits per heavy atom. The molecule has 1 heteroatoms. The van der Waals surface area contributed by atoms with Gasteiger partial charge in [0.1, 0.15) is 6.10 Å². The van der Waals surface area contributed by atoms with Gasteiger partial charge in [-0.2, -0.15) is 0 Å². The molecule has 0 aliphatic heterocycles. The van der Waals surface area contributed by atoms with Crippen LogP contribution in [0.4, 0.5) is 0 Å². The minimum atomic E-state index is -0.549. The molecule has 1 nitrogen and oxygen atoms in total. The first-order valence-corrected chi connectivity index (χ1v) is 6.24. The third kappa shape index (κ3) is 2.88. The average molecular weight is 238 g/mol. The smallest absolute Gasteiger partial charge is 0.104 e. The zero-order chi connectivity index (χ0) is 12.8. The van der Waals surface area contributed by atoms with Crippen molar-refractivity contribution in [2.75, 3.05) is 0 Å². The van der Waals surface area contributed by atoms with Crippen molar-refractivity contribution in [2.24, 2.45) is 0 Å². The summed E-state index contributed by atoms with van der Waals surface area (Å²) in [6.07, 6.45) is 3.21. The lowest BCUT2D eigenvalue weighted by Crippen LogP contribution is -2.03. The molecule has 92 valence electrons. The minimum absolute atomic E-state index is 0.549. The van der Waals surface area contributed by atoms with Gasteiger partial charge in [-0.15, -0.1) is 6.58 Å². The van der Waals surface area contributed by atoms with E-state index in [-0.39, 0.29) is 0 Å². The second kappa shape index (κ2) is 6.18. The normalized spacial score (nSPS) is 12.1. The number of rotatable bonds is 5. The van der Waals surface area contributed by atoms with Gasteiger partial charge in [0.05, 0.1) is 0 Å². The van der Waals surface area contributed by atoms with Crippen molar-refractivity contribution in [3.05, 3.63) is 83.9 Å². The summed E-state index contributed by atoms with van der Waals surface area (Å²) < 4.78 is 0. The topological polar surface area (TPSA) is 20.2 Å². The molecule has 0 radical (unpaired) electrons. The maximum Gasteiger partial charge on any atom is 0.104 e. The van der Waals surface area contributed by atoms with E-state index in [1.807, 2.05) is 54.6 Å². The molecule has 0 fully saturated rings. The molecule has 1 unspecified atom stereocenters. The highest BCUT2D eigenvalue weighted by Crippen LogP contribution is 2.25. The van der Waals surface area contributed by atoms with E-state index in [2.05, 4.69) is 12.6 Å². The van der Waals surface area contributed by atoms with Crippen molar-refractivity contribution < 1.29 is 5.11 Å². The molecule has 0 bridgehead atoms. The van der Waals surface area contributed by atoms with Crippen molar-refractivity contribution in [3.63, 3.8) is 0 Å². The molecular formula is C17H18O. The summed E-state index contributed by atoms with van der Waals surface area (Å²) in [5.41, 5.74) is 3.11. The van der Waals surface area contributed by atoms with E-state index in [0.717, 1.165) is 24.0 Å². The molecule has 1 N–H and O–H groups in total. The van der Waals surface area contributed by atoms with Gasteiger partial charge in [-0.3, -0.25) is 0 Å². The number of aryl methyl sites for hydroxylation is 1. The second-order valence-corrected chi connectivity index (χ2v) is 4.34. The van der Waals surface area contributed by atoms with Crippen LogP contribution in [0.3, 0.4) is 0 Å². The van der Waals surface area contributed by atoms with Crippen LogP contribution in [0.15, 0.2) is 67.3 Å². The van der Waals surface area contributed by atoms with Crippen molar-refractivity contribution in [3.8, 4) is 0 Å². The molecule has 2 aromatic rings. The quantitative estimate of drug-likeness (QED) is 0.784. The van der Waals surface area contributed by atoms with Gasteiger partial charge < -0.3 is 5.11 Å². The fourth-order valence-electron chi connectivity index (χ4n) is 2.10. The maximum atomic E-state index is 10.4. The number of allylic oxidation sites excluding steroid dienone is 1. The lowest BCUT2D eigenvalue weighted by Gasteiger charge is -2.15. The molecule has 2 aromatic carbocycles. The fraction of sp³-hybridized carbons (Fsp3) is 0.176. The van der Waals surface area contributed by atoms with Gasteiger partial charge in [0.25, 0.3) is 0 Å². The van der Waals surface area contributed by atoms with E-state index in [9.17, 15) is 5.11 Å². The van der Waals surface area contributed by atoms with Crippen LogP contribution < -0.4 is 0 Å². The Kier molecular flexibility index (Phi) is 4.32. The van der Waals surface area contributed by atoms with Gasteiger partial charge in [-0.25, -0.2) is 0 Å². The first-order chi connectivity index (χ1) is 8.83. The van der Waals surface area contributed by atoms with Gasteiger partial charge in [-0.1, -0.05) is 60.7 Å². The summed E-state index contributed by atoms with van der Waals surface area (Å²) in [4.78, 5) is 0. The lowest BCUT2D eigenvalue weighted by molar-refractivity contribution is 0.219. The molecule has 0 amide bonds. The Balaban J connectivity index is 2.29. The third-order valence-corrected chi connectivity index (χ3v) is 3.08. The summed E-state index contributed by atoms with van der Waals surface area (Å²) >= 11 is 0. The number of hydrogen-bond donors (Lipinski definition) is 1. The Bertz CT molecular complexity index is 502. The molecule has 0 aromatic heterocycles. The summed E-state index contributed by atoms with van der Waals surface area (Å²) in [7, 11) is 0. The zero-order valence-corrected chi connectivity index (χ0v) is 10.4. The Morgan fingerprint density at radius 3 is 2.39 bits per heavy atom. The predicted molar refractivity (Wildman–Crippen MR) is 75.5 cm³/mol. The summed E-state index contributed by atoms with van der Waals surface area (Å²) in [6, 6.07) is 17.8. The van der Waals surface area contributed by atoms with Crippen molar-refractivity contribution in [1.82, 2.24) is 0 Å². The molecule has 0 heterocycles. The highest BCUT2D eigenvalue weighted by molar-refractivity contribution is 5.36. The van der Waals surface area contributed by atoms with Gasteiger partial charge in [0, 0.05) is 0 Å². The van der Waals surface area contributed by atoms with Crippen molar-refractivity contribution in [1.29, 1.82) is 0 Å². The minimum Gasteiger partial charge on any atom is -0.384 e. The zero-order valence-electron chi connectivity index (χ0n) is 10.4. The number of aliphatic hydroxyl groups is 1. The van der Waals surface area contributed by atoms with Crippen LogP contribution in [0, 0.1) is 0 Å². The molecule has 18 heavy (non-hydrogen) atoms. The van der Waals surface area contributed by atoms with Gasteiger partial charge in [0.2, 0.25) is 0 Å². The molecule has 0 saturated heterocycles. The Labute approximate surface area is 108 Å². The van der Waals surface area contributed by atoms with E-state index >= 15 is 0 Å². The highest BCUT2D eigenvalue weighted by atomic mass is 16.3. The van der Waals surface area contributed by atoms with Crippen LogP contribution in [-0.2, 0) is 6.42 Å². The molecule has 1 atom stereocenters. The van der Waals surface area contributed by atoms with Crippen LogP contribution in [0.25, 0.3) is 0 Å². The SMILES string of the molecule is C=CCCc1ccccc1C(O)c1ccccc1. The molecule has 0 saturated carbocycles. The highest BCUT2D eigenvalue weighted by Gasteiger charge is 2.13. The fourth-order valence-corrected chi connectivity index (χ4v) is 2.10. The molecule has 0 aliphatic carbocycles. The maximum absolute atomic E-state index is 10.4. The van der Waals surface area contributed by atoms with Crippen LogP contribution in [0.1, 0.15) is 29.2 Å². The number of hydrogen-bond acceptors (Lipinski definition) is 1. The van der Waals surface area contributed by atoms with E-state index in [4.69, 9.17) is 0 Å².